The summed E-state index contributed by atoms with van der Waals surface area (Å²) in [7, 11) is 0. The molecule has 2 aromatic carbocycles. The fourth-order valence-corrected chi connectivity index (χ4v) is 2.45. The molecular weight excluding hydrogens is 333 g/mol. The molecular formula is C18H19Cl2NO2. The van der Waals surface area contributed by atoms with Crippen LogP contribution in [-0.2, 0) is 0 Å². The van der Waals surface area contributed by atoms with E-state index < -0.39 is 0 Å². The molecule has 0 aliphatic heterocycles. The average molecular weight is 352 g/mol. The highest BCUT2D eigenvalue weighted by atomic mass is 35.5. The lowest BCUT2D eigenvalue weighted by Gasteiger charge is -2.12. The topological polar surface area (TPSA) is 38.3 Å². The van der Waals surface area contributed by atoms with Crippen LogP contribution < -0.4 is 10.1 Å². The van der Waals surface area contributed by atoms with Gasteiger partial charge in [-0.15, -0.1) is 0 Å². The molecule has 0 saturated heterocycles. The molecule has 0 aliphatic rings. The van der Waals surface area contributed by atoms with Crippen LogP contribution >= 0.6 is 23.2 Å². The molecule has 0 bridgehead atoms. The number of para-hydroxylation sites is 1. The lowest BCUT2D eigenvalue weighted by Crippen LogP contribution is -2.14. The summed E-state index contributed by atoms with van der Waals surface area (Å²) in [5.74, 6) is 0.291. The number of carbonyl (C=O) groups excluding carboxylic acids is 1. The molecule has 0 heterocycles. The van der Waals surface area contributed by atoms with E-state index in [4.69, 9.17) is 27.9 Å². The third kappa shape index (κ3) is 4.88. The van der Waals surface area contributed by atoms with E-state index in [2.05, 4.69) is 12.2 Å². The summed E-state index contributed by atoms with van der Waals surface area (Å²) >= 11 is 12.1. The van der Waals surface area contributed by atoms with Crippen molar-refractivity contribution in [2.45, 2.75) is 26.2 Å². The van der Waals surface area contributed by atoms with E-state index in [-0.39, 0.29) is 5.91 Å². The van der Waals surface area contributed by atoms with Crippen molar-refractivity contribution in [3.8, 4) is 5.75 Å². The first kappa shape index (κ1) is 17.6. The van der Waals surface area contributed by atoms with Gasteiger partial charge >= 0.3 is 0 Å². The van der Waals surface area contributed by atoms with E-state index in [0.29, 0.717) is 33.7 Å². The molecule has 0 fully saturated rings. The zero-order valence-electron chi connectivity index (χ0n) is 12.9. The molecule has 5 heteroatoms. The van der Waals surface area contributed by atoms with Crippen LogP contribution in [0.3, 0.4) is 0 Å². The zero-order chi connectivity index (χ0) is 16.7. The Morgan fingerprint density at radius 1 is 1.09 bits per heavy atom. The molecule has 0 unspecified atom stereocenters. The van der Waals surface area contributed by atoms with E-state index in [9.17, 15) is 4.79 Å². The molecule has 23 heavy (non-hydrogen) atoms. The summed E-state index contributed by atoms with van der Waals surface area (Å²) in [5, 5.41) is 3.49. The third-order valence-electron chi connectivity index (χ3n) is 3.34. The van der Waals surface area contributed by atoms with E-state index >= 15 is 0 Å². The number of anilines is 1. The first-order chi connectivity index (χ1) is 11.1. The van der Waals surface area contributed by atoms with Gasteiger partial charge in [-0.2, -0.15) is 0 Å². The molecule has 0 atom stereocenters. The smallest absolute Gasteiger partial charge is 0.259 e. The van der Waals surface area contributed by atoms with Gasteiger partial charge in [-0.1, -0.05) is 61.2 Å². The van der Waals surface area contributed by atoms with Gasteiger partial charge in [-0.25, -0.2) is 0 Å². The van der Waals surface area contributed by atoms with Gasteiger partial charge in [0, 0.05) is 0 Å². The van der Waals surface area contributed by atoms with Crippen LogP contribution in [0.15, 0.2) is 42.5 Å². The second kappa shape index (κ2) is 8.80. The summed E-state index contributed by atoms with van der Waals surface area (Å²) in [4.78, 5) is 12.5. The van der Waals surface area contributed by atoms with Crippen molar-refractivity contribution < 1.29 is 9.53 Å². The fraction of sp³-hybridized carbons (Fsp3) is 0.278. The maximum Gasteiger partial charge on any atom is 0.259 e. The molecule has 0 spiro atoms. The molecule has 1 amide bonds. The molecule has 122 valence electrons. The second-order valence-corrected chi connectivity index (χ2v) is 5.89. The number of carbonyl (C=O) groups is 1. The molecule has 0 saturated carbocycles. The van der Waals surface area contributed by atoms with Crippen molar-refractivity contribution in [1.29, 1.82) is 0 Å². The van der Waals surface area contributed by atoms with Crippen LogP contribution in [0.5, 0.6) is 5.75 Å². The van der Waals surface area contributed by atoms with Crippen LogP contribution in [0, 0.1) is 0 Å². The number of hydrogen-bond acceptors (Lipinski definition) is 2. The lowest BCUT2D eigenvalue weighted by atomic mass is 10.1. The molecule has 0 aliphatic carbocycles. The van der Waals surface area contributed by atoms with Crippen molar-refractivity contribution in [3.63, 3.8) is 0 Å². The van der Waals surface area contributed by atoms with Gasteiger partial charge in [-0.05, 0) is 30.7 Å². The number of halogens is 2. The van der Waals surface area contributed by atoms with Gasteiger partial charge in [0.2, 0.25) is 0 Å². The Morgan fingerprint density at radius 2 is 1.87 bits per heavy atom. The maximum atomic E-state index is 12.5. The molecule has 0 radical (unpaired) electrons. The van der Waals surface area contributed by atoms with Gasteiger partial charge in [0.1, 0.15) is 5.75 Å². The number of rotatable bonds is 7. The summed E-state index contributed by atoms with van der Waals surface area (Å²) in [6, 6.07) is 12.3. The Hall–Kier alpha value is -1.71. The molecule has 3 nitrogen and oxygen atoms in total. The second-order valence-electron chi connectivity index (χ2n) is 5.11. The third-order valence-corrected chi connectivity index (χ3v) is 4.16. The SMILES string of the molecule is CCCCCOc1ccccc1C(=O)Nc1cccc(Cl)c1Cl. The Kier molecular flexibility index (Phi) is 6.75. The molecule has 1 N–H and O–H groups in total. The van der Waals surface area contributed by atoms with Crippen LogP contribution in [0.25, 0.3) is 0 Å². The summed E-state index contributed by atoms with van der Waals surface area (Å²) in [5.41, 5.74) is 0.949. The van der Waals surface area contributed by atoms with Gasteiger partial charge in [0.25, 0.3) is 5.91 Å². The standard InChI is InChI=1S/C18H19Cl2NO2/c1-2-3-6-12-23-16-11-5-4-8-13(16)18(22)21-15-10-7-9-14(19)17(15)20/h4-5,7-11H,2-3,6,12H2,1H3,(H,21,22). The molecule has 2 rings (SSSR count). The summed E-state index contributed by atoms with van der Waals surface area (Å²) in [6.45, 7) is 2.73. The Balaban J connectivity index is 2.11. The number of hydrogen-bond donors (Lipinski definition) is 1. The average Bonchev–Trinajstić information content (AvgIpc) is 2.56. The normalized spacial score (nSPS) is 10.4. The van der Waals surface area contributed by atoms with E-state index in [1.165, 1.54) is 0 Å². The van der Waals surface area contributed by atoms with Gasteiger partial charge < -0.3 is 10.1 Å². The molecule has 0 aromatic heterocycles. The van der Waals surface area contributed by atoms with Crippen molar-refractivity contribution in [3.05, 3.63) is 58.1 Å². The van der Waals surface area contributed by atoms with Crippen LogP contribution in [0.4, 0.5) is 5.69 Å². The van der Waals surface area contributed by atoms with Crippen molar-refractivity contribution >= 4 is 34.8 Å². The Bertz CT molecular complexity index is 674. The number of unbranched alkanes of at least 4 members (excludes halogenated alkanes) is 2. The maximum absolute atomic E-state index is 12.5. The summed E-state index contributed by atoms with van der Waals surface area (Å²) < 4.78 is 5.73. The minimum Gasteiger partial charge on any atom is -0.493 e. The van der Waals surface area contributed by atoms with E-state index in [1.54, 1.807) is 36.4 Å². The Morgan fingerprint density at radius 3 is 2.65 bits per heavy atom. The quantitative estimate of drug-likeness (QED) is 0.638. The fourth-order valence-electron chi connectivity index (χ4n) is 2.10. The van der Waals surface area contributed by atoms with Crippen LogP contribution in [-0.4, -0.2) is 12.5 Å². The van der Waals surface area contributed by atoms with E-state index in [0.717, 1.165) is 19.3 Å². The number of nitrogens with one attached hydrogen (secondary N) is 1. The van der Waals surface area contributed by atoms with Crippen molar-refractivity contribution in [2.24, 2.45) is 0 Å². The van der Waals surface area contributed by atoms with Gasteiger partial charge in [0.05, 0.1) is 27.9 Å². The Labute approximate surface area is 146 Å². The zero-order valence-corrected chi connectivity index (χ0v) is 14.5. The highest BCUT2D eigenvalue weighted by molar-refractivity contribution is 6.44. The van der Waals surface area contributed by atoms with Gasteiger partial charge in [0.15, 0.2) is 0 Å². The first-order valence-corrected chi connectivity index (χ1v) is 8.36. The predicted molar refractivity (Wildman–Crippen MR) is 95.9 cm³/mol. The lowest BCUT2D eigenvalue weighted by molar-refractivity contribution is 0.102. The minimum absolute atomic E-state index is 0.278. The van der Waals surface area contributed by atoms with Crippen molar-refractivity contribution in [2.75, 3.05) is 11.9 Å². The highest BCUT2D eigenvalue weighted by Gasteiger charge is 2.14. The number of benzene rings is 2. The molecule has 2 aromatic rings. The van der Waals surface area contributed by atoms with Crippen LogP contribution in [0.1, 0.15) is 36.5 Å². The van der Waals surface area contributed by atoms with Gasteiger partial charge in [-0.3, -0.25) is 4.79 Å². The summed E-state index contributed by atoms with van der Waals surface area (Å²) in [6.07, 6.45) is 3.19. The minimum atomic E-state index is -0.278. The van der Waals surface area contributed by atoms with E-state index in [1.807, 2.05) is 6.07 Å². The predicted octanol–water partition coefficient (Wildman–Crippen LogP) is 5.81. The largest absolute Gasteiger partial charge is 0.493 e. The highest BCUT2D eigenvalue weighted by Crippen LogP contribution is 2.30. The first-order valence-electron chi connectivity index (χ1n) is 7.60. The monoisotopic (exact) mass is 351 g/mol. The number of ether oxygens (including phenoxy) is 1. The van der Waals surface area contributed by atoms with Crippen LogP contribution in [0.2, 0.25) is 10.0 Å². The van der Waals surface area contributed by atoms with Crippen molar-refractivity contribution in [1.82, 2.24) is 0 Å². The number of amides is 1.